The summed E-state index contributed by atoms with van der Waals surface area (Å²) in [4.78, 5) is 34.4. The molecular weight excluding hydrogens is 258 g/mol. The first-order chi connectivity index (χ1) is 8.95. The zero-order valence-corrected chi connectivity index (χ0v) is 9.31. The molecule has 0 radical (unpaired) electrons. The molecule has 19 heavy (non-hydrogen) atoms. The number of rotatable bonds is 5. The molecule has 0 fully saturated rings. The van der Waals surface area contributed by atoms with Gasteiger partial charge in [-0.15, -0.1) is 0 Å². The van der Waals surface area contributed by atoms with Crippen molar-refractivity contribution in [2.45, 2.75) is 0 Å². The number of hydrogen-bond donors (Lipinski definition) is 2. The smallest absolute Gasteiger partial charge is 0.322 e. The maximum absolute atomic E-state index is 11.6. The molecule has 0 saturated heterocycles. The van der Waals surface area contributed by atoms with Gasteiger partial charge >= 0.3 is 5.97 Å². The van der Waals surface area contributed by atoms with E-state index >= 15 is 0 Å². The van der Waals surface area contributed by atoms with Crippen LogP contribution in [0.15, 0.2) is 23.3 Å². The van der Waals surface area contributed by atoms with Crippen LogP contribution in [0.2, 0.25) is 0 Å². The summed E-state index contributed by atoms with van der Waals surface area (Å²) in [6, 6.07) is 3.18. The monoisotopic (exact) mass is 265 g/mol. The number of aliphatic carboxylic acids is 1. The number of amides is 1. The summed E-state index contributed by atoms with van der Waals surface area (Å²) >= 11 is 0. The van der Waals surface area contributed by atoms with Crippen molar-refractivity contribution in [1.82, 2.24) is 5.32 Å². The molecule has 0 atom stereocenters. The van der Waals surface area contributed by atoms with E-state index in [1.54, 1.807) is 0 Å². The number of nitro benzene ring substituents is 1. The van der Waals surface area contributed by atoms with Gasteiger partial charge in [0.2, 0.25) is 0 Å². The van der Waals surface area contributed by atoms with Gasteiger partial charge in [0, 0.05) is 16.7 Å². The average molecular weight is 265 g/mol. The Labute approximate surface area is 105 Å². The van der Waals surface area contributed by atoms with Gasteiger partial charge < -0.3 is 10.4 Å². The fourth-order valence-electron chi connectivity index (χ4n) is 1.23. The minimum atomic E-state index is -1.29. The van der Waals surface area contributed by atoms with Crippen molar-refractivity contribution >= 4 is 23.3 Å². The van der Waals surface area contributed by atoms with Gasteiger partial charge in [0.05, 0.1) is 4.92 Å². The molecule has 0 heterocycles. The molecular formula is C9H7N5O5. The van der Waals surface area contributed by atoms with Gasteiger partial charge in [0.15, 0.2) is 0 Å². The minimum Gasteiger partial charge on any atom is -0.480 e. The third-order valence-electron chi connectivity index (χ3n) is 1.98. The van der Waals surface area contributed by atoms with Gasteiger partial charge in [0.1, 0.15) is 12.1 Å². The highest BCUT2D eigenvalue weighted by Crippen LogP contribution is 2.24. The summed E-state index contributed by atoms with van der Waals surface area (Å²) in [5.74, 6) is -2.23. The van der Waals surface area contributed by atoms with Crippen molar-refractivity contribution < 1.29 is 19.6 Å². The van der Waals surface area contributed by atoms with Crippen LogP contribution in [0.25, 0.3) is 10.4 Å². The molecule has 0 saturated carbocycles. The van der Waals surface area contributed by atoms with Crippen LogP contribution in [0.4, 0.5) is 11.4 Å². The maximum Gasteiger partial charge on any atom is 0.322 e. The third-order valence-corrected chi connectivity index (χ3v) is 1.98. The van der Waals surface area contributed by atoms with E-state index in [4.69, 9.17) is 10.6 Å². The van der Waals surface area contributed by atoms with Crippen LogP contribution in [-0.4, -0.2) is 28.5 Å². The number of azide groups is 1. The Morgan fingerprint density at radius 3 is 2.74 bits per heavy atom. The number of carboxylic acid groups (broad SMARTS) is 1. The second kappa shape index (κ2) is 5.98. The lowest BCUT2D eigenvalue weighted by molar-refractivity contribution is -0.385. The first-order valence-electron chi connectivity index (χ1n) is 4.79. The van der Waals surface area contributed by atoms with Gasteiger partial charge in [0.25, 0.3) is 11.6 Å². The van der Waals surface area contributed by atoms with Crippen molar-refractivity contribution in [3.63, 3.8) is 0 Å². The van der Waals surface area contributed by atoms with E-state index < -0.39 is 29.0 Å². The number of nitrogens with one attached hydrogen (secondary N) is 1. The molecule has 0 aliphatic carbocycles. The van der Waals surface area contributed by atoms with Gasteiger partial charge in [-0.3, -0.25) is 19.7 Å². The fourth-order valence-corrected chi connectivity index (χ4v) is 1.23. The van der Waals surface area contributed by atoms with Gasteiger partial charge in [-0.1, -0.05) is 5.11 Å². The summed E-state index contributed by atoms with van der Waals surface area (Å²) in [5.41, 5.74) is 7.37. The standard InChI is InChI=1S/C9H7N5O5/c10-13-12-5-1-2-7(14(18)19)6(3-5)9(17)11-4-8(15)16/h1-3H,4H2,(H,11,17)(H,15,16). The van der Waals surface area contributed by atoms with Crippen LogP contribution in [-0.2, 0) is 4.79 Å². The Morgan fingerprint density at radius 1 is 1.53 bits per heavy atom. The zero-order chi connectivity index (χ0) is 14.4. The molecule has 0 aliphatic rings. The third kappa shape index (κ3) is 3.68. The Balaban J connectivity index is 3.16. The van der Waals surface area contributed by atoms with Crippen molar-refractivity contribution in [2.75, 3.05) is 6.54 Å². The van der Waals surface area contributed by atoms with Crippen LogP contribution < -0.4 is 5.32 Å². The highest BCUT2D eigenvalue weighted by Gasteiger charge is 2.20. The van der Waals surface area contributed by atoms with Crippen molar-refractivity contribution in [3.8, 4) is 0 Å². The summed E-state index contributed by atoms with van der Waals surface area (Å²) < 4.78 is 0. The number of carbonyl (C=O) groups excluding carboxylic acids is 1. The lowest BCUT2D eigenvalue weighted by Gasteiger charge is -2.04. The predicted octanol–water partition coefficient (Wildman–Crippen LogP) is 1.35. The van der Waals surface area contributed by atoms with Crippen molar-refractivity contribution in [1.29, 1.82) is 0 Å². The summed E-state index contributed by atoms with van der Waals surface area (Å²) in [6.07, 6.45) is 0. The number of hydrogen-bond acceptors (Lipinski definition) is 5. The topological polar surface area (TPSA) is 158 Å². The predicted molar refractivity (Wildman–Crippen MR) is 61.9 cm³/mol. The molecule has 0 bridgehead atoms. The van der Waals surface area contributed by atoms with Crippen LogP contribution >= 0.6 is 0 Å². The van der Waals surface area contributed by atoms with E-state index in [2.05, 4.69) is 10.0 Å². The zero-order valence-electron chi connectivity index (χ0n) is 9.31. The van der Waals surface area contributed by atoms with Crippen molar-refractivity contribution in [2.24, 2.45) is 5.11 Å². The largest absolute Gasteiger partial charge is 0.480 e. The molecule has 0 aliphatic heterocycles. The lowest BCUT2D eigenvalue weighted by atomic mass is 10.1. The second-order valence-electron chi connectivity index (χ2n) is 3.22. The van der Waals surface area contributed by atoms with Gasteiger partial charge in [-0.05, 0) is 17.7 Å². The molecule has 0 spiro atoms. The van der Waals surface area contributed by atoms with E-state index in [0.29, 0.717) is 0 Å². The molecule has 10 heteroatoms. The molecule has 98 valence electrons. The van der Waals surface area contributed by atoms with E-state index in [9.17, 15) is 19.7 Å². The Hall–Kier alpha value is -3.13. The normalized spacial score (nSPS) is 9.26. The first-order valence-corrected chi connectivity index (χ1v) is 4.79. The second-order valence-corrected chi connectivity index (χ2v) is 3.22. The molecule has 2 N–H and O–H groups in total. The summed E-state index contributed by atoms with van der Waals surface area (Å²) in [5, 5.41) is 24.3. The Bertz CT molecular complexity index is 593. The highest BCUT2D eigenvalue weighted by molar-refractivity contribution is 6.00. The number of nitro groups is 1. The van der Waals surface area contributed by atoms with Crippen LogP contribution in [0.3, 0.4) is 0 Å². The van der Waals surface area contributed by atoms with Crippen LogP contribution in [0.1, 0.15) is 10.4 Å². The van der Waals surface area contributed by atoms with E-state index in [1.165, 1.54) is 6.07 Å². The number of benzene rings is 1. The number of nitrogens with zero attached hydrogens (tertiary/aromatic N) is 4. The molecule has 1 amide bonds. The van der Waals surface area contributed by atoms with E-state index in [1.807, 2.05) is 5.32 Å². The maximum atomic E-state index is 11.6. The highest BCUT2D eigenvalue weighted by atomic mass is 16.6. The summed E-state index contributed by atoms with van der Waals surface area (Å²) in [7, 11) is 0. The Kier molecular flexibility index (Phi) is 4.39. The molecule has 1 rings (SSSR count). The number of carboxylic acids is 1. The average Bonchev–Trinajstić information content (AvgIpc) is 2.36. The molecule has 0 aromatic heterocycles. The lowest BCUT2D eigenvalue weighted by Crippen LogP contribution is -2.29. The minimum absolute atomic E-state index is 0.00794. The Morgan fingerprint density at radius 2 is 2.21 bits per heavy atom. The summed E-state index contributed by atoms with van der Waals surface area (Å²) in [6.45, 7) is -0.679. The first kappa shape index (κ1) is 13.9. The van der Waals surface area contributed by atoms with E-state index in [-0.39, 0.29) is 11.3 Å². The van der Waals surface area contributed by atoms with Gasteiger partial charge in [-0.25, -0.2) is 0 Å². The quantitative estimate of drug-likeness (QED) is 0.270. The molecule has 1 aromatic rings. The SMILES string of the molecule is [N-]=[N+]=Nc1ccc([N+](=O)[O-])c(C(=O)NCC(=O)O)c1. The van der Waals surface area contributed by atoms with Crippen LogP contribution in [0, 0.1) is 10.1 Å². The fraction of sp³-hybridized carbons (Fsp3) is 0.111. The molecule has 0 unspecified atom stereocenters. The number of carbonyl (C=O) groups is 2. The van der Waals surface area contributed by atoms with Gasteiger partial charge in [-0.2, -0.15) is 0 Å². The van der Waals surface area contributed by atoms with Crippen molar-refractivity contribution in [3.05, 3.63) is 44.3 Å². The van der Waals surface area contributed by atoms with E-state index in [0.717, 1.165) is 12.1 Å². The van der Waals surface area contributed by atoms with Crippen LogP contribution in [0.5, 0.6) is 0 Å². The molecule has 10 nitrogen and oxygen atoms in total. The molecule has 1 aromatic carbocycles.